The van der Waals surface area contributed by atoms with Crippen LogP contribution in [0.5, 0.6) is 0 Å². The number of aliphatic carboxylic acids is 1. The van der Waals surface area contributed by atoms with Crippen LogP contribution in [0, 0.1) is 5.92 Å². The van der Waals surface area contributed by atoms with Crippen LogP contribution < -0.4 is 29.6 Å². The summed E-state index contributed by atoms with van der Waals surface area (Å²) in [6, 6.07) is 0. The smallest absolute Gasteiger partial charge is 1.00 e. The Hall–Kier alpha value is 0.390. The van der Waals surface area contributed by atoms with Crippen molar-refractivity contribution in [3.63, 3.8) is 0 Å². The zero-order valence-corrected chi connectivity index (χ0v) is 8.66. The third-order valence-electron chi connectivity index (χ3n) is 1.28. The molecule has 62 valence electrons. The zero-order valence-electron chi connectivity index (χ0n) is 7.66. The summed E-state index contributed by atoms with van der Waals surface area (Å²) in [6.45, 7) is -0.376. The number of rotatable bonds is 5. The van der Waals surface area contributed by atoms with Gasteiger partial charge in [-0.15, -0.1) is 0 Å². The number of aliphatic hydroxyl groups excluding tert-OH is 2. The summed E-state index contributed by atoms with van der Waals surface area (Å²) in [7, 11) is 0. The van der Waals surface area contributed by atoms with Crippen molar-refractivity contribution in [3.05, 3.63) is 0 Å². The second-order valence-corrected chi connectivity index (χ2v) is 2.08. The van der Waals surface area contributed by atoms with Gasteiger partial charge >= 0.3 is 35.5 Å². The molecule has 0 rings (SSSR count). The largest absolute Gasteiger partial charge is 1.00 e. The zero-order chi connectivity index (χ0) is 7.98. The first-order valence-corrected chi connectivity index (χ1v) is 3.17. The van der Waals surface area contributed by atoms with Crippen molar-refractivity contribution >= 4 is 5.97 Å². The standard InChI is InChI=1S/C6H12O4.Na.H/c7-3-1-2-5(4-8)6(9)10;;/h5,7-8H,1-4H2,(H,9,10);;/q;+1;-1. The molecule has 0 aromatic carbocycles. The van der Waals surface area contributed by atoms with E-state index in [2.05, 4.69) is 0 Å². The molecule has 0 aliphatic rings. The van der Waals surface area contributed by atoms with Gasteiger partial charge < -0.3 is 16.7 Å². The molecule has 0 fully saturated rings. The van der Waals surface area contributed by atoms with E-state index in [1.54, 1.807) is 0 Å². The summed E-state index contributed by atoms with van der Waals surface area (Å²) in [5, 5.41) is 25.1. The molecule has 4 nitrogen and oxygen atoms in total. The molecular formula is C6H13NaO4. The maximum atomic E-state index is 10.2. The van der Waals surface area contributed by atoms with Gasteiger partial charge in [-0.2, -0.15) is 0 Å². The van der Waals surface area contributed by atoms with E-state index in [1.807, 2.05) is 0 Å². The van der Waals surface area contributed by atoms with Crippen molar-refractivity contribution in [2.24, 2.45) is 5.92 Å². The molecule has 0 aliphatic heterocycles. The second kappa shape index (κ2) is 8.49. The first-order chi connectivity index (χ1) is 4.72. The predicted octanol–water partition coefficient (Wildman–Crippen LogP) is -3.43. The number of aliphatic hydroxyl groups is 2. The summed E-state index contributed by atoms with van der Waals surface area (Å²) in [4.78, 5) is 10.2. The minimum Gasteiger partial charge on any atom is -1.00 e. The topological polar surface area (TPSA) is 77.8 Å². The van der Waals surface area contributed by atoms with Crippen LogP contribution in [-0.2, 0) is 4.79 Å². The van der Waals surface area contributed by atoms with Crippen LogP contribution in [-0.4, -0.2) is 34.5 Å². The van der Waals surface area contributed by atoms with Crippen molar-refractivity contribution in [1.82, 2.24) is 0 Å². The van der Waals surface area contributed by atoms with Crippen LogP contribution in [0.25, 0.3) is 0 Å². The summed E-state index contributed by atoms with van der Waals surface area (Å²) in [6.07, 6.45) is 0.764. The molecule has 0 amide bonds. The molecule has 0 radical (unpaired) electrons. The normalized spacial score (nSPS) is 11.8. The molecule has 5 heteroatoms. The van der Waals surface area contributed by atoms with E-state index >= 15 is 0 Å². The van der Waals surface area contributed by atoms with Gasteiger partial charge in [0.15, 0.2) is 0 Å². The molecule has 0 saturated heterocycles. The van der Waals surface area contributed by atoms with E-state index in [4.69, 9.17) is 15.3 Å². The monoisotopic (exact) mass is 172 g/mol. The molecule has 11 heavy (non-hydrogen) atoms. The van der Waals surface area contributed by atoms with Gasteiger partial charge in [0, 0.05) is 6.61 Å². The summed E-state index contributed by atoms with van der Waals surface area (Å²) >= 11 is 0. The molecule has 0 bridgehead atoms. The Labute approximate surface area is 89.0 Å². The van der Waals surface area contributed by atoms with Gasteiger partial charge in [-0.05, 0) is 12.8 Å². The first kappa shape index (κ1) is 13.9. The molecule has 0 heterocycles. The molecule has 0 aliphatic carbocycles. The third kappa shape index (κ3) is 6.77. The Balaban J connectivity index is -0.000000405. The van der Waals surface area contributed by atoms with E-state index in [1.165, 1.54) is 0 Å². The SMILES string of the molecule is O=C(O)C(CO)CCCO.[H-].[Na+]. The van der Waals surface area contributed by atoms with E-state index < -0.39 is 11.9 Å². The van der Waals surface area contributed by atoms with Gasteiger partial charge in [-0.1, -0.05) is 0 Å². The van der Waals surface area contributed by atoms with Gasteiger partial charge in [0.05, 0.1) is 12.5 Å². The van der Waals surface area contributed by atoms with Crippen LogP contribution in [0.1, 0.15) is 14.3 Å². The van der Waals surface area contributed by atoms with Crippen molar-refractivity contribution < 1.29 is 51.1 Å². The average molecular weight is 172 g/mol. The quantitative estimate of drug-likeness (QED) is 0.377. The summed E-state index contributed by atoms with van der Waals surface area (Å²) < 4.78 is 0. The first-order valence-electron chi connectivity index (χ1n) is 3.17. The molecule has 0 spiro atoms. The van der Waals surface area contributed by atoms with Crippen LogP contribution >= 0.6 is 0 Å². The van der Waals surface area contributed by atoms with E-state index in [0.29, 0.717) is 12.8 Å². The summed E-state index contributed by atoms with van der Waals surface area (Å²) in [5.74, 6) is -1.72. The van der Waals surface area contributed by atoms with Gasteiger partial charge in [0.2, 0.25) is 0 Å². The minimum absolute atomic E-state index is 0. The number of hydrogen-bond acceptors (Lipinski definition) is 3. The molecule has 0 aromatic rings. The van der Waals surface area contributed by atoms with E-state index in [-0.39, 0.29) is 44.2 Å². The maximum absolute atomic E-state index is 10.2. The van der Waals surface area contributed by atoms with Crippen molar-refractivity contribution in [2.75, 3.05) is 13.2 Å². The Bertz CT molecular complexity index is 112. The van der Waals surface area contributed by atoms with Gasteiger partial charge in [0.25, 0.3) is 0 Å². The molecule has 0 saturated carbocycles. The average Bonchev–Trinajstić information content (AvgIpc) is 1.89. The third-order valence-corrected chi connectivity index (χ3v) is 1.28. The van der Waals surface area contributed by atoms with Crippen LogP contribution in [0.15, 0.2) is 0 Å². The number of hydrogen-bond donors (Lipinski definition) is 3. The van der Waals surface area contributed by atoms with Crippen molar-refractivity contribution in [1.29, 1.82) is 0 Å². The predicted molar refractivity (Wildman–Crippen MR) is 35.6 cm³/mol. The second-order valence-electron chi connectivity index (χ2n) is 2.08. The number of carboxylic acid groups (broad SMARTS) is 1. The number of carboxylic acids is 1. The van der Waals surface area contributed by atoms with Gasteiger partial charge in [-0.3, -0.25) is 4.79 Å². The van der Waals surface area contributed by atoms with Crippen LogP contribution in [0.3, 0.4) is 0 Å². The fourth-order valence-corrected chi connectivity index (χ4v) is 0.631. The fraction of sp³-hybridized carbons (Fsp3) is 0.833. The van der Waals surface area contributed by atoms with E-state index in [0.717, 1.165) is 0 Å². The molecule has 1 unspecified atom stereocenters. The Morgan fingerprint density at radius 1 is 1.45 bits per heavy atom. The molecule has 0 aromatic heterocycles. The fourth-order valence-electron chi connectivity index (χ4n) is 0.631. The Morgan fingerprint density at radius 2 is 2.00 bits per heavy atom. The maximum Gasteiger partial charge on any atom is 1.00 e. The minimum atomic E-state index is -1.00. The summed E-state index contributed by atoms with van der Waals surface area (Å²) in [5.41, 5.74) is 0. The van der Waals surface area contributed by atoms with E-state index in [9.17, 15) is 4.79 Å². The Kier molecular flexibility index (Phi) is 10.8. The Morgan fingerprint density at radius 3 is 2.27 bits per heavy atom. The molecule has 1 atom stereocenters. The molecular weight excluding hydrogens is 159 g/mol. The number of carbonyl (C=O) groups is 1. The van der Waals surface area contributed by atoms with Crippen molar-refractivity contribution in [3.8, 4) is 0 Å². The molecule has 3 N–H and O–H groups in total. The van der Waals surface area contributed by atoms with Gasteiger partial charge in [0.1, 0.15) is 0 Å². The van der Waals surface area contributed by atoms with Crippen LogP contribution in [0.4, 0.5) is 0 Å². The van der Waals surface area contributed by atoms with Crippen LogP contribution in [0.2, 0.25) is 0 Å². The van der Waals surface area contributed by atoms with Gasteiger partial charge in [-0.25, -0.2) is 0 Å². The van der Waals surface area contributed by atoms with Crippen molar-refractivity contribution in [2.45, 2.75) is 12.8 Å².